The molecule has 2 rings (SSSR count). The van der Waals surface area contributed by atoms with Gasteiger partial charge < -0.3 is 10.5 Å². The van der Waals surface area contributed by atoms with Crippen molar-refractivity contribution in [2.45, 2.75) is 31.9 Å². The summed E-state index contributed by atoms with van der Waals surface area (Å²) < 4.78 is 7.05. The molecule has 0 saturated carbocycles. The number of halogens is 1. The van der Waals surface area contributed by atoms with E-state index in [0.717, 1.165) is 34.4 Å². The van der Waals surface area contributed by atoms with E-state index in [9.17, 15) is 0 Å². The average Bonchev–Trinajstić information content (AvgIpc) is 2.31. The van der Waals surface area contributed by atoms with Crippen molar-refractivity contribution in [3.8, 4) is 5.75 Å². The molecule has 2 atom stereocenters. The highest BCUT2D eigenvalue weighted by Gasteiger charge is 2.25. The molecule has 94 valence electrons. The number of thioether (sulfide) groups is 1. The lowest BCUT2D eigenvalue weighted by Gasteiger charge is -2.30. The largest absolute Gasteiger partial charge is 0.490 e. The van der Waals surface area contributed by atoms with Crippen molar-refractivity contribution < 1.29 is 4.74 Å². The summed E-state index contributed by atoms with van der Waals surface area (Å²) in [5, 5.41) is 0. The Morgan fingerprint density at radius 1 is 1.53 bits per heavy atom. The van der Waals surface area contributed by atoms with Crippen molar-refractivity contribution in [1.29, 1.82) is 0 Å². The molecule has 1 aliphatic rings. The molecular formula is C13H18BrNOS. The van der Waals surface area contributed by atoms with E-state index in [2.05, 4.69) is 28.9 Å². The summed E-state index contributed by atoms with van der Waals surface area (Å²) in [6.45, 7) is 2.19. The Bertz CT molecular complexity index is 386. The molecule has 2 N–H and O–H groups in total. The molecule has 0 radical (unpaired) electrons. The number of benzene rings is 1. The first kappa shape index (κ1) is 13.2. The lowest BCUT2D eigenvalue weighted by Crippen LogP contribution is -2.30. The molecule has 17 heavy (non-hydrogen) atoms. The molecule has 1 unspecified atom stereocenters. The third-order valence-corrected chi connectivity index (χ3v) is 4.40. The van der Waals surface area contributed by atoms with Crippen LogP contribution in [0.25, 0.3) is 0 Å². The molecule has 2 nitrogen and oxygen atoms in total. The van der Waals surface area contributed by atoms with Gasteiger partial charge in [-0.25, -0.2) is 0 Å². The van der Waals surface area contributed by atoms with Gasteiger partial charge in [0.25, 0.3) is 0 Å². The quantitative estimate of drug-likeness (QED) is 0.860. The SMILES string of the molecule is CCSCCC1C[C@@H](N)c2cc(Br)ccc2O1. The van der Waals surface area contributed by atoms with E-state index in [1.54, 1.807) is 0 Å². The smallest absolute Gasteiger partial charge is 0.124 e. The molecule has 0 amide bonds. The van der Waals surface area contributed by atoms with Crippen molar-refractivity contribution in [2.75, 3.05) is 11.5 Å². The van der Waals surface area contributed by atoms with Crippen LogP contribution in [-0.2, 0) is 0 Å². The molecule has 1 aromatic rings. The van der Waals surface area contributed by atoms with Crippen LogP contribution in [-0.4, -0.2) is 17.6 Å². The topological polar surface area (TPSA) is 35.2 Å². The normalized spacial score (nSPS) is 23.0. The Kier molecular flexibility index (Phi) is 4.77. The van der Waals surface area contributed by atoms with Gasteiger partial charge in [-0.1, -0.05) is 22.9 Å². The van der Waals surface area contributed by atoms with Crippen molar-refractivity contribution in [3.05, 3.63) is 28.2 Å². The summed E-state index contributed by atoms with van der Waals surface area (Å²) in [5.74, 6) is 3.28. The first-order valence-electron chi connectivity index (χ1n) is 6.00. The fourth-order valence-electron chi connectivity index (χ4n) is 2.09. The maximum Gasteiger partial charge on any atom is 0.124 e. The van der Waals surface area contributed by atoms with Crippen molar-refractivity contribution in [2.24, 2.45) is 5.73 Å². The van der Waals surface area contributed by atoms with Gasteiger partial charge in [0.2, 0.25) is 0 Å². The molecule has 0 fully saturated rings. The Morgan fingerprint density at radius 2 is 2.35 bits per heavy atom. The van der Waals surface area contributed by atoms with E-state index in [1.807, 2.05) is 23.9 Å². The van der Waals surface area contributed by atoms with Gasteiger partial charge in [-0.15, -0.1) is 0 Å². The summed E-state index contributed by atoms with van der Waals surface area (Å²) in [6, 6.07) is 6.19. The minimum absolute atomic E-state index is 0.105. The van der Waals surface area contributed by atoms with Gasteiger partial charge in [0.15, 0.2) is 0 Å². The summed E-state index contributed by atoms with van der Waals surface area (Å²) in [6.07, 6.45) is 2.29. The van der Waals surface area contributed by atoms with E-state index < -0.39 is 0 Å². The molecule has 0 aromatic heterocycles. The highest BCUT2D eigenvalue weighted by Crippen LogP contribution is 2.36. The van der Waals surface area contributed by atoms with Gasteiger partial charge in [0.05, 0.1) is 0 Å². The van der Waals surface area contributed by atoms with Gasteiger partial charge >= 0.3 is 0 Å². The Hall–Kier alpha value is -0.190. The summed E-state index contributed by atoms with van der Waals surface area (Å²) >= 11 is 5.43. The van der Waals surface area contributed by atoms with Gasteiger partial charge in [0.1, 0.15) is 11.9 Å². The van der Waals surface area contributed by atoms with Crippen LogP contribution in [0.5, 0.6) is 5.75 Å². The van der Waals surface area contributed by atoms with Crippen LogP contribution < -0.4 is 10.5 Å². The van der Waals surface area contributed by atoms with E-state index in [-0.39, 0.29) is 12.1 Å². The Balaban J connectivity index is 2.03. The number of hydrogen-bond acceptors (Lipinski definition) is 3. The predicted molar refractivity (Wildman–Crippen MR) is 77.7 cm³/mol. The first-order valence-corrected chi connectivity index (χ1v) is 7.95. The zero-order valence-electron chi connectivity index (χ0n) is 9.99. The second-order valence-corrected chi connectivity index (χ2v) is 6.56. The number of fused-ring (bicyclic) bond motifs is 1. The summed E-state index contributed by atoms with van der Waals surface area (Å²) in [7, 11) is 0. The molecule has 0 saturated heterocycles. The zero-order valence-corrected chi connectivity index (χ0v) is 12.4. The third-order valence-electron chi connectivity index (χ3n) is 2.97. The molecule has 1 aromatic carbocycles. The fraction of sp³-hybridized carbons (Fsp3) is 0.538. The second kappa shape index (κ2) is 6.12. The van der Waals surface area contributed by atoms with Gasteiger partial charge in [-0.3, -0.25) is 0 Å². The molecule has 1 heterocycles. The summed E-state index contributed by atoms with van der Waals surface area (Å²) in [4.78, 5) is 0. The van der Waals surface area contributed by atoms with Gasteiger partial charge in [-0.2, -0.15) is 11.8 Å². The van der Waals surface area contributed by atoms with Crippen LogP contribution >= 0.6 is 27.7 Å². The maximum absolute atomic E-state index is 6.20. The van der Waals surface area contributed by atoms with Crippen LogP contribution in [0.3, 0.4) is 0 Å². The van der Waals surface area contributed by atoms with Crippen molar-refractivity contribution >= 4 is 27.7 Å². The Morgan fingerprint density at radius 3 is 3.12 bits per heavy atom. The van der Waals surface area contributed by atoms with Crippen molar-refractivity contribution in [3.63, 3.8) is 0 Å². The van der Waals surface area contributed by atoms with E-state index in [4.69, 9.17) is 10.5 Å². The minimum atomic E-state index is 0.105. The fourth-order valence-corrected chi connectivity index (χ4v) is 3.19. The van der Waals surface area contributed by atoms with Crippen LogP contribution in [0.4, 0.5) is 0 Å². The highest BCUT2D eigenvalue weighted by molar-refractivity contribution is 9.10. The van der Waals surface area contributed by atoms with Crippen molar-refractivity contribution in [1.82, 2.24) is 0 Å². The van der Waals surface area contributed by atoms with Crippen LogP contribution in [0.15, 0.2) is 22.7 Å². The second-order valence-electron chi connectivity index (χ2n) is 4.25. The number of hydrogen-bond donors (Lipinski definition) is 1. The predicted octanol–water partition coefficient (Wildman–Crippen LogP) is 3.74. The van der Waals surface area contributed by atoms with E-state index >= 15 is 0 Å². The lowest BCUT2D eigenvalue weighted by atomic mass is 9.96. The molecule has 0 spiro atoms. The highest BCUT2D eigenvalue weighted by atomic mass is 79.9. The molecule has 1 aliphatic heterocycles. The zero-order chi connectivity index (χ0) is 12.3. The van der Waals surface area contributed by atoms with Gasteiger partial charge in [-0.05, 0) is 36.1 Å². The average molecular weight is 316 g/mol. The molecular weight excluding hydrogens is 298 g/mol. The Labute approximate surface area is 115 Å². The monoisotopic (exact) mass is 315 g/mol. The molecule has 4 heteroatoms. The number of rotatable bonds is 4. The van der Waals surface area contributed by atoms with Crippen LogP contribution in [0.1, 0.15) is 31.4 Å². The lowest BCUT2D eigenvalue weighted by molar-refractivity contribution is 0.156. The maximum atomic E-state index is 6.20. The first-order chi connectivity index (χ1) is 8.20. The van der Waals surface area contributed by atoms with E-state index in [0.29, 0.717) is 0 Å². The van der Waals surface area contributed by atoms with Gasteiger partial charge in [0, 0.05) is 22.5 Å². The van der Waals surface area contributed by atoms with Crippen LogP contribution in [0.2, 0.25) is 0 Å². The minimum Gasteiger partial charge on any atom is -0.490 e. The third kappa shape index (κ3) is 3.39. The summed E-state index contributed by atoms with van der Waals surface area (Å²) in [5.41, 5.74) is 7.33. The molecule has 0 bridgehead atoms. The van der Waals surface area contributed by atoms with Crippen LogP contribution in [0, 0.1) is 0 Å². The number of ether oxygens (including phenoxy) is 1. The molecule has 0 aliphatic carbocycles. The standard InChI is InChI=1S/C13H18BrNOS/c1-2-17-6-5-10-8-12(15)11-7-9(14)3-4-13(11)16-10/h3-4,7,10,12H,2,5-6,8,15H2,1H3/t10?,12-/m1/s1. The van der Waals surface area contributed by atoms with E-state index in [1.165, 1.54) is 5.75 Å². The number of nitrogens with two attached hydrogens (primary N) is 1.